The molecule has 92 valence electrons. The van der Waals surface area contributed by atoms with Crippen molar-refractivity contribution in [2.75, 3.05) is 0 Å². The first-order chi connectivity index (χ1) is 8.83. The fraction of sp³-hybridized carbons (Fsp3) is 0.333. The molecule has 0 saturated carbocycles. The number of rotatable bonds is 2. The summed E-state index contributed by atoms with van der Waals surface area (Å²) in [6.07, 6.45) is 8.04. The van der Waals surface area contributed by atoms with Crippen molar-refractivity contribution in [3.8, 4) is 0 Å². The quantitative estimate of drug-likeness (QED) is 0.829. The molecule has 1 N–H and O–H groups in total. The van der Waals surface area contributed by atoms with Gasteiger partial charge in [0.2, 0.25) is 0 Å². The number of aryl methyl sites for hydroxylation is 1. The summed E-state index contributed by atoms with van der Waals surface area (Å²) in [7, 11) is 0. The standard InChI is InChI=1S/C12H13N5O/c18-12(11-8-13-4-5-14-11)16-9-2-6-17-10(7-9)1-3-15-17/h1,3-5,8-9H,2,6-7H2,(H,16,18). The first-order valence-corrected chi connectivity index (χ1v) is 5.90. The number of nitrogens with one attached hydrogen (secondary N) is 1. The van der Waals surface area contributed by atoms with E-state index in [4.69, 9.17) is 0 Å². The van der Waals surface area contributed by atoms with Crippen LogP contribution in [-0.4, -0.2) is 31.7 Å². The van der Waals surface area contributed by atoms with Gasteiger partial charge in [-0.15, -0.1) is 0 Å². The van der Waals surface area contributed by atoms with Gasteiger partial charge in [-0.2, -0.15) is 5.10 Å². The third-order valence-electron chi connectivity index (χ3n) is 3.08. The van der Waals surface area contributed by atoms with Gasteiger partial charge >= 0.3 is 0 Å². The number of nitrogens with zero attached hydrogens (tertiary/aromatic N) is 4. The van der Waals surface area contributed by atoms with Crippen LogP contribution in [0.1, 0.15) is 22.6 Å². The maximum Gasteiger partial charge on any atom is 0.271 e. The minimum absolute atomic E-state index is 0.142. The molecule has 1 unspecified atom stereocenters. The van der Waals surface area contributed by atoms with Crippen LogP contribution in [0.4, 0.5) is 0 Å². The lowest BCUT2D eigenvalue weighted by atomic mass is 10.0. The van der Waals surface area contributed by atoms with Gasteiger partial charge in [-0.3, -0.25) is 14.5 Å². The number of carbonyl (C=O) groups is 1. The van der Waals surface area contributed by atoms with Crippen LogP contribution in [0.2, 0.25) is 0 Å². The van der Waals surface area contributed by atoms with E-state index in [1.165, 1.54) is 12.4 Å². The van der Waals surface area contributed by atoms with Crippen molar-refractivity contribution >= 4 is 5.91 Å². The van der Waals surface area contributed by atoms with Crippen molar-refractivity contribution in [2.45, 2.75) is 25.4 Å². The van der Waals surface area contributed by atoms with Crippen LogP contribution in [0, 0.1) is 0 Å². The molecule has 1 atom stereocenters. The molecule has 1 aliphatic rings. The molecular weight excluding hydrogens is 230 g/mol. The monoisotopic (exact) mass is 243 g/mol. The molecule has 0 aromatic carbocycles. The Hall–Kier alpha value is -2.24. The zero-order valence-electron chi connectivity index (χ0n) is 9.78. The summed E-state index contributed by atoms with van der Waals surface area (Å²) < 4.78 is 1.98. The predicted octanol–water partition coefficient (Wildman–Crippen LogP) is 0.418. The summed E-state index contributed by atoms with van der Waals surface area (Å²) in [4.78, 5) is 19.8. The highest BCUT2D eigenvalue weighted by Crippen LogP contribution is 2.13. The molecule has 2 aromatic heterocycles. The zero-order chi connectivity index (χ0) is 12.4. The Morgan fingerprint density at radius 2 is 2.33 bits per heavy atom. The van der Waals surface area contributed by atoms with Crippen LogP contribution in [0.5, 0.6) is 0 Å². The Morgan fingerprint density at radius 1 is 1.39 bits per heavy atom. The summed E-state index contributed by atoms with van der Waals surface area (Å²) in [6.45, 7) is 0.841. The maximum atomic E-state index is 11.9. The third kappa shape index (κ3) is 2.09. The molecular formula is C12H13N5O. The number of aromatic nitrogens is 4. The summed E-state index contributed by atoms with van der Waals surface area (Å²) in [6, 6.07) is 2.13. The zero-order valence-corrected chi connectivity index (χ0v) is 9.78. The Morgan fingerprint density at radius 3 is 3.17 bits per heavy atom. The molecule has 6 heteroatoms. The van der Waals surface area contributed by atoms with Gasteiger partial charge in [0.15, 0.2) is 0 Å². The summed E-state index contributed by atoms with van der Waals surface area (Å²) in [5, 5.41) is 7.19. The molecule has 6 nitrogen and oxygen atoms in total. The number of hydrogen-bond acceptors (Lipinski definition) is 4. The van der Waals surface area contributed by atoms with E-state index >= 15 is 0 Å². The van der Waals surface area contributed by atoms with E-state index < -0.39 is 0 Å². The number of hydrogen-bond donors (Lipinski definition) is 1. The highest BCUT2D eigenvalue weighted by molar-refractivity contribution is 5.92. The van der Waals surface area contributed by atoms with E-state index in [2.05, 4.69) is 20.4 Å². The SMILES string of the molecule is O=C(NC1CCn2nccc2C1)c1cnccn1. The Labute approximate surface area is 104 Å². The van der Waals surface area contributed by atoms with Gasteiger partial charge in [0.25, 0.3) is 5.91 Å². The van der Waals surface area contributed by atoms with Gasteiger partial charge in [-0.05, 0) is 12.5 Å². The van der Waals surface area contributed by atoms with E-state index in [0.717, 1.165) is 25.1 Å². The third-order valence-corrected chi connectivity index (χ3v) is 3.08. The first-order valence-electron chi connectivity index (χ1n) is 5.90. The van der Waals surface area contributed by atoms with Crippen molar-refractivity contribution < 1.29 is 4.79 Å². The van der Waals surface area contributed by atoms with E-state index in [1.807, 2.05) is 10.7 Å². The second-order valence-corrected chi connectivity index (χ2v) is 4.30. The molecule has 1 aliphatic heterocycles. The molecule has 0 bridgehead atoms. The van der Waals surface area contributed by atoms with E-state index in [-0.39, 0.29) is 11.9 Å². The Balaban J connectivity index is 1.67. The van der Waals surface area contributed by atoms with Crippen LogP contribution in [0.15, 0.2) is 30.9 Å². The Kier molecular flexibility index (Phi) is 2.76. The maximum absolute atomic E-state index is 11.9. The molecule has 3 rings (SSSR count). The first kappa shape index (κ1) is 10.9. The molecule has 0 fully saturated rings. The second-order valence-electron chi connectivity index (χ2n) is 4.30. The average Bonchev–Trinajstić information content (AvgIpc) is 2.87. The number of amides is 1. The minimum atomic E-state index is -0.166. The van der Waals surface area contributed by atoms with Gasteiger partial charge in [0, 0.05) is 43.3 Å². The normalized spacial score (nSPS) is 18.1. The fourth-order valence-electron chi connectivity index (χ4n) is 2.17. The predicted molar refractivity (Wildman–Crippen MR) is 63.8 cm³/mol. The lowest BCUT2D eigenvalue weighted by Crippen LogP contribution is -2.40. The van der Waals surface area contributed by atoms with E-state index in [1.54, 1.807) is 12.4 Å². The second kappa shape index (κ2) is 4.56. The van der Waals surface area contributed by atoms with Crippen molar-refractivity contribution in [3.63, 3.8) is 0 Å². The molecule has 3 heterocycles. The van der Waals surface area contributed by atoms with Crippen molar-refractivity contribution in [2.24, 2.45) is 0 Å². The number of fused-ring (bicyclic) bond motifs is 1. The Bertz CT molecular complexity index is 551. The fourth-order valence-corrected chi connectivity index (χ4v) is 2.17. The molecule has 18 heavy (non-hydrogen) atoms. The molecule has 0 aliphatic carbocycles. The van der Waals surface area contributed by atoms with Crippen molar-refractivity contribution in [1.29, 1.82) is 0 Å². The largest absolute Gasteiger partial charge is 0.347 e. The van der Waals surface area contributed by atoms with E-state index in [9.17, 15) is 4.79 Å². The van der Waals surface area contributed by atoms with Crippen LogP contribution in [0.3, 0.4) is 0 Å². The highest BCUT2D eigenvalue weighted by atomic mass is 16.1. The lowest BCUT2D eigenvalue weighted by molar-refractivity contribution is 0.0924. The van der Waals surface area contributed by atoms with Gasteiger partial charge in [0.05, 0.1) is 6.20 Å². The van der Waals surface area contributed by atoms with Crippen LogP contribution >= 0.6 is 0 Å². The summed E-state index contributed by atoms with van der Waals surface area (Å²) >= 11 is 0. The molecule has 0 radical (unpaired) electrons. The molecule has 0 spiro atoms. The van der Waals surface area contributed by atoms with Gasteiger partial charge < -0.3 is 5.32 Å². The van der Waals surface area contributed by atoms with Gasteiger partial charge in [-0.25, -0.2) is 4.98 Å². The summed E-state index contributed by atoms with van der Waals surface area (Å²) in [5.41, 5.74) is 1.52. The summed E-state index contributed by atoms with van der Waals surface area (Å²) in [5.74, 6) is -0.166. The smallest absolute Gasteiger partial charge is 0.271 e. The minimum Gasteiger partial charge on any atom is -0.347 e. The number of carbonyl (C=O) groups excluding carboxylic acids is 1. The van der Waals surface area contributed by atoms with Gasteiger partial charge in [-0.1, -0.05) is 0 Å². The topological polar surface area (TPSA) is 72.7 Å². The molecule has 2 aromatic rings. The molecule has 1 amide bonds. The van der Waals surface area contributed by atoms with Crippen molar-refractivity contribution in [1.82, 2.24) is 25.1 Å². The van der Waals surface area contributed by atoms with Gasteiger partial charge in [0.1, 0.15) is 5.69 Å². The van der Waals surface area contributed by atoms with Crippen LogP contribution in [0.25, 0.3) is 0 Å². The average molecular weight is 243 g/mol. The van der Waals surface area contributed by atoms with Crippen LogP contribution in [-0.2, 0) is 13.0 Å². The van der Waals surface area contributed by atoms with Crippen molar-refractivity contribution in [3.05, 3.63) is 42.2 Å². The lowest BCUT2D eigenvalue weighted by Gasteiger charge is -2.24. The molecule has 0 saturated heterocycles. The van der Waals surface area contributed by atoms with E-state index in [0.29, 0.717) is 5.69 Å². The highest BCUT2D eigenvalue weighted by Gasteiger charge is 2.21. The van der Waals surface area contributed by atoms with Crippen LogP contribution < -0.4 is 5.32 Å².